The molecule has 106 valence electrons. The number of aromatic nitrogens is 3. The third kappa shape index (κ3) is 2.43. The normalized spacial score (nSPS) is 10.8. The Hall–Kier alpha value is -2.53. The summed E-state index contributed by atoms with van der Waals surface area (Å²) < 4.78 is 1.48. The summed E-state index contributed by atoms with van der Waals surface area (Å²) in [6, 6.07) is 12.2. The van der Waals surface area contributed by atoms with Crippen molar-refractivity contribution < 1.29 is 5.11 Å². The number of nitrogen functional groups attached to an aromatic ring is 1. The largest absolute Gasteiger partial charge is 0.508 e. The van der Waals surface area contributed by atoms with E-state index in [9.17, 15) is 5.11 Å². The standard InChI is InChI=1S/C15H13ClN4O/c1-9-5-6-10(16)7-13(9)14-15(17)20(19-18-14)11-3-2-4-12(21)8-11/h2-8,21H,17H2,1H3. The lowest BCUT2D eigenvalue weighted by molar-refractivity contribution is 0.475. The van der Waals surface area contributed by atoms with Gasteiger partial charge in [-0.05, 0) is 36.8 Å². The second-order valence-corrected chi connectivity index (χ2v) is 5.15. The zero-order chi connectivity index (χ0) is 15.0. The molecular weight excluding hydrogens is 288 g/mol. The highest BCUT2D eigenvalue weighted by Crippen LogP contribution is 2.30. The van der Waals surface area contributed by atoms with Crippen LogP contribution in [-0.4, -0.2) is 20.1 Å². The molecule has 0 unspecified atom stereocenters. The Labute approximate surface area is 126 Å². The number of rotatable bonds is 2. The van der Waals surface area contributed by atoms with E-state index in [0.717, 1.165) is 11.1 Å². The number of hydrogen-bond donors (Lipinski definition) is 2. The van der Waals surface area contributed by atoms with Crippen molar-refractivity contribution in [3.05, 3.63) is 53.1 Å². The van der Waals surface area contributed by atoms with Gasteiger partial charge in [-0.25, -0.2) is 0 Å². The summed E-state index contributed by atoms with van der Waals surface area (Å²) in [5, 5.41) is 18.4. The maximum Gasteiger partial charge on any atom is 0.155 e. The van der Waals surface area contributed by atoms with Crippen molar-refractivity contribution in [2.45, 2.75) is 6.92 Å². The van der Waals surface area contributed by atoms with Crippen LogP contribution in [0.3, 0.4) is 0 Å². The van der Waals surface area contributed by atoms with Crippen molar-refractivity contribution in [2.24, 2.45) is 0 Å². The van der Waals surface area contributed by atoms with Crippen LogP contribution in [0.15, 0.2) is 42.5 Å². The molecule has 0 fully saturated rings. The lowest BCUT2D eigenvalue weighted by atomic mass is 10.1. The molecule has 0 bridgehead atoms. The van der Waals surface area contributed by atoms with E-state index in [1.807, 2.05) is 25.1 Å². The zero-order valence-corrected chi connectivity index (χ0v) is 12.0. The first-order valence-corrected chi connectivity index (χ1v) is 6.71. The van der Waals surface area contributed by atoms with Crippen LogP contribution in [0.5, 0.6) is 5.75 Å². The molecule has 0 aliphatic rings. The van der Waals surface area contributed by atoms with E-state index in [1.54, 1.807) is 24.3 Å². The summed E-state index contributed by atoms with van der Waals surface area (Å²) in [6.45, 7) is 1.96. The fourth-order valence-electron chi connectivity index (χ4n) is 2.15. The minimum atomic E-state index is 0.142. The third-order valence-electron chi connectivity index (χ3n) is 3.23. The van der Waals surface area contributed by atoms with Crippen molar-refractivity contribution in [1.82, 2.24) is 15.0 Å². The van der Waals surface area contributed by atoms with Crippen LogP contribution < -0.4 is 5.73 Å². The van der Waals surface area contributed by atoms with Crippen LogP contribution in [0.1, 0.15) is 5.56 Å². The molecule has 3 aromatic rings. The molecule has 1 heterocycles. The van der Waals surface area contributed by atoms with Gasteiger partial charge in [0.15, 0.2) is 5.82 Å². The molecule has 5 nitrogen and oxygen atoms in total. The van der Waals surface area contributed by atoms with Crippen LogP contribution in [0.4, 0.5) is 5.82 Å². The van der Waals surface area contributed by atoms with Gasteiger partial charge in [-0.15, -0.1) is 5.10 Å². The number of nitrogens with zero attached hydrogens (tertiary/aromatic N) is 3. The van der Waals surface area contributed by atoms with Crippen molar-refractivity contribution in [3.63, 3.8) is 0 Å². The first kappa shape index (κ1) is 13.5. The van der Waals surface area contributed by atoms with Gasteiger partial charge in [0.1, 0.15) is 11.4 Å². The molecule has 3 rings (SSSR count). The molecule has 0 aliphatic carbocycles. The summed E-state index contributed by atoms with van der Waals surface area (Å²) in [6.07, 6.45) is 0. The van der Waals surface area contributed by atoms with E-state index in [2.05, 4.69) is 10.3 Å². The van der Waals surface area contributed by atoms with Crippen LogP contribution in [0.25, 0.3) is 16.9 Å². The average molecular weight is 301 g/mol. The molecule has 0 spiro atoms. The Kier molecular flexibility index (Phi) is 3.27. The highest BCUT2D eigenvalue weighted by Gasteiger charge is 2.15. The van der Waals surface area contributed by atoms with E-state index in [0.29, 0.717) is 22.2 Å². The Morgan fingerprint density at radius 1 is 1.19 bits per heavy atom. The fourth-order valence-corrected chi connectivity index (χ4v) is 2.32. The molecule has 6 heteroatoms. The number of halogens is 1. The van der Waals surface area contributed by atoms with Crippen molar-refractivity contribution >= 4 is 17.4 Å². The fraction of sp³-hybridized carbons (Fsp3) is 0.0667. The minimum Gasteiger partial charge on any atom is -0.508 e. The average Bonchev–Trinajstić information content (AvgIpc) is 2.83. The number of phenols is 1. The van der Waals surface area contributed by atoms with Gasteiger partial charge in [-0.3, -0.25) is 0 Å². The highest BCUT2D eigenvalue weighted by molar-refractivity contribution is 6.30. The highest BCUT2D eigenvalue weighted by atomic mass is 35.5. The molecular formula is C15H13ClN4O. The SMILES string of the molecule is Cc1ccc(Cl)cc1-c1nnn(-c2cccc(O)c2)c1N. The van der Waals surface area contributed by atoms with Gasteiger partial charge in [0.2, 0.25) is 0 Å². The van der Waals surface area contributed by atoms with E-state index >= 15 is 0 Å². The molecule has 3 N–H and O–H groups in total. The number of benzene rings is 2. The van der Waals surface area contributed by atoms with Crippen molar-refractivity contribution in [3.8, 4) is 22.7 Å². The molecule has 0 atom stereocenters. The Morgan fingerprint density at radius 3 is 2.76 bits per heavy atom. The summed E-state index contributed by atoms with van der Waals surface area (Å²) >= 11 is 6.03. The van der Waals surface area contributed by atoms with Gasteiger partial charge >= 0.3 is 0 Å². The summed E-state index contributed by atoms with van der Waals surface area (Å²) in [5.74, 6) is 0.536. The predicted molar refractivity (Wildman–Crippen MR) is 82.6 cm³/mol. The molecule has 0 radical (unpaired) electrons. The van der Waals surface area contributed by atoms with Gasteiger partial charge in [0.25, 0.3) is 0 Å². The second-order valence-electron chi connectivity index (χ2n) is 4.71. The van der Waals surface area contributed by atoms with Crippen LogP contribution >= 0.6 is 11.6 Å². The number of aryl methyl sites for hydroxylation is 1. The van der Waals surface area contributed by atoms with E-state index in [4.69, 9.17) is 17.3 Å². The summed E-state index contributed by atoms with van der Waals surface area (Å²) in [5.41, 5.74) is 9.21. The van der Waals surface area contributed by atoms with Gasteiger partial charge in [0.05, 0.1) is 5.69 Å². The monoisotopic (exact) mass is 300 g/mol. The summed E-state index contributed by atoms with van der Waals surface area (Å²) in [7, 11) is 0. The first-order chi connectivity index (χ1) is 10.1. The van der Waals surface area contributed by atoms with Crippen LogP contribution in [0, 0.1) is 6.92 Å². The molecule has 0 saturated heterocycles. The second kappa shape index (κ2) is 5.10. The number of aromatic hydroxyl groups is 1. The molecule has 0 saturated carbocycles. The topological polar surface area (TPSA) is 77.0 Å². The van der Waals surface area contributed by atoms with E-state index in [1.165, 1.54) is 4.68 Å². The quantitative estimate of drug-likeness (QED) is 0.762. The van der Waals surface area contributed by atoms with E-state index in [-0.39, 0.29) is 5.75 Å². The molecule has 0 amide bonds. The maximum absolute atomic E-state index is 9.55. The van der Waals surface area contributed by atoms with E-state index < -0.39 is 0 Å². The van der Waals surface area contributed by atoms with Crippen molar-refractivity contribution in [2.75, 3.05) is 5.73 Å². The lowest BCUT2D eigenvalue weighted by Gasteiger charge is -2.06. The van der Waals surface area contributed by atoms with Crippen molar-refractivity contribution in [1.29, 1.82) is 0 Å². The molecule has 0 aliphatic heterocycles. The summed E-state index contributed by atoms with van der Waals surface area (Å²) in [4.78, 5) is 0. The van der Waals surface area contributed by atoms with Gasteiger partial charge in [-0.1, -0.05) is 28.9 Å². The predicted octanol–water partition coefficient (Wildman–Crippen LogP) is 3.18. The smallest absolute Gasteiger partial charge is 0.155 e. The van der Waals surface area contributed by atoms with Gasteiger partial charge < -0.3 is 10.8 Å². The van der Waals surface area contributed by atoms with Gasteiger partial charge in [0, 0.05) is 16.7 Å². The maximum atomic E-state index is 9.55. The Balaban J connectivity index is 2.13. The van der Waals surface area contributed by atoms with Crippen LogP contribution in [0.2, 0.25) is 5.02 Å². The molecule has 2 aromatic carbocycles. The minimum absolute atomic E-state index is 0.142. The number of anilines is 1. The van der Waals surface area contributed by atoms with Gasteiger partial charge in [-0.2, -0.15) is 4.68 Å². The third-order valence-corrected chi connectivity index (χ3v) is 3.47. The zero-order valence-electron chi connectivity index (χ0n) is 11.3. The number of phenolic OH excluding ortho intramolecular Hbond substituents is 1. The number of hydrogen-bond acceptors (Lipinski definition) is 4. The number of nitrogens with two attached hydrogens (primary N) is 1. The molecule has 1 aromatic heterocycles. The first-order valence-electron chi connectivity index (χ1n) is 6.33. The lowest BCUT2D eigenvalue weighted by Crippen LogP contribution is -2.02. The Morgan fingerprint density at radius 2 is 2.00 bits per heavy atom. The van der Waals surface area contributed by atoms with Crippen LogP contribution in [-0.2, 0) is 0 Å². The Bertz CT molecular complexity index is 813. The molecule has 21 heavy (non-hydrogen) atoms.